The number of benzene rings is 1. The van der Waals surface area contributed by atoms with Crippen LogP contribution in [0, 0.1) is 0 Å². The van der Waals surface area contributed by atoms with Gasteiger partial charge in [0.1, 0.15) is 0 Å². The highest BCUT2D eigenvalue weighted by Gasteiger charge is 2.12. The van der Waals surface area contributed by atoms with Gasteiger partial charge < -0.3 is 5.32 Å². The lowest BCUT2D eigenvalue weighted by Crippen LogP contribution is -2.22. The van der Waals surface area contributed by atoms with Gasteiger partial charge in [-0.2, -0.15) is 5.10 Å². The van der Waals surface area contributed by atoms with Gasteiger partial charge in [-0.1, -0.05) is 37.3 Å². The summed E-state index contributed by atoms with van der Waals surface area (Å²) >= 11 is 0. The summed E-state index contributed by atoms with van der Waals surface area (Å²) in [7, 11) is 0. The Morgan fingerprint density at radius 3 is 2.63 bits per heavy atom. The number of likely N-dealkylation sites (N-methyl/N-ethyl adjacent to an activating group) is 1. The molecule has 0 fully saturated rings. The van der Waals surface area contributed by atoms with E-state index in [2.05, 4.69) is 60.8 Å². The molecule has 3 nitrogen and oxygen atoms in total. The molecule has 0 bridgehead atoms. The van der Waals surface area contributed by atoms with Crippen LogP contribution in [-0.2, 0) is 13.0 Å². The first-order valence-electron chi connectivity index (χ1n) is 7.10. The van der Waals surface area contributed by atoms with Crippen molar-refractivity contribution in [1.29, 1.82) is 0 Å². The zero-order valence-electron chi connectivity index (χ0n) is 11.8. The van der Waals surface area contributed by atoms with Gasteiger partial charge in [0.25, 0.3) is 0 Å². The maximum atomic E-state index is 4.36. The minimum Gasteiger partial charge on any atom is -0.316 e. The van der Waals surface area contributed by atoms with E-state index in [9.17, 15) is 0 Å². The average Bonchev–Trinajstić information content (AvgIpc) is 2.92. The van der Waals surface area contributed by atoms with Crippen LogP contribution < -0.4 is 5.32 Å². The minimum absolute atomic E-state index is 0.510. The van der Waals surface area contributed by atoms with Crippen LogP contribution in [0.2, 0.25) is 0 Å². The number of hydrogen-bond acceptors (Lipinski definition) is 2. The lowest BCUT2D eigenvalue weighted by Gasteiger charge is -2.17. The highest BCUT2D eigenvalue weighted by atomic mass is 15.3. The Hall–Kier alpha value is -1.61. The highest BCUT2D eigenvalue weighted by molar-refractivity contribution is 5.22. The standard InChI is InChI=1S/C16H23N3/c1-3-17-12-16(15-8-6-5-7-9-15)10-14-11-18-19(4-2)13-14/h5-9,11,13,16-17H,3-4,10,12H2,1-2H3. The van der Waals surface area contributed by atoms with Crippen LogP contribution in [-0.4, -0.2) is 22.9 Å². The van der Waals surface area contributed by atoms with Gasteiger partial charge in [0, 0.05) is 25.2 Å². The van der Waals surface area contributed by atoms with E-state index in [0.29, 0.717) is 5.92 Å². The molecule has 0 spiro atoms. The van der Waals surface area contributed by atoms with Crippen LogP contribution >= 0.6 is 0 Å². The van der Waals surface area contributed by atoms with Crippen molar-refractivity contribution in [1.82, 2.24) is 15.1 Å². The summed E-state index contributed by atoms with van der Waals surface area (Å²) < 4.78 is 1.99. The average molecular weight is 257 g/mol. The van der Waals surface area contributed by atoms with E-state index in [1.54, 1.807) is 0 Å². The number of nitrogens with one attached hydrogen (secondary N) is 1. The van der Waals surface area contributed by atoms with E-state index >= 15 is 0 Å². The second-order valence-electron chi connectivity index (χ2n) is 4.82. The molecule has 1 N–H and O–H groups in total. The zero-order valence-corrected chi connectivity index (χ0v) is 11.8. The fourth-order valence-electron chi connectivity index (χ4n) is 2.32. The predicted octanol–water partition coefficient (Wildman–Crippen LogP) is 2.84. The number of nitrogens with zero attached hydrogens (tertiary/aromatic N) is 2. The van der Waals surface area contributed by atoms with E-state index in [1.807, 2.05) is 10.9 Å². The van der Waals surface area contributed by atoms with Gasteiger partial charge in [-0.15, -0.1) is 0 Å². The first kappa shape index (κ1) is 13.8. The third-order valence-corrected chi connectivity index (χ3v) is 3.40. The molecule has 0 aliphatic heterocycles. The Morgan fingerprint density at radius 1 is 1.21 bits per heavy atom. The molecular weight excluding hydrogens is 234 g/mol. The molecule has 1 aromatic heterocycles. The van der Waals surface area contributed by atoms with Crippen molar-refractivity contribution in [3.63, 3.8) is 0 Å². The van der Waals surface area contributed by atoms with Gasteiger partial charge in [0.2, 0.25) is 0 Å². The first-order valence-corrected chi connectivity index (χ1v) is 7.10. The van der Waals surface area contributed by atoms with Gasteiger partial charge >= 0.3 is 0 Å². The molecule has 0 aliphatic carbocycles. The maximum absolute atomic E-state index is 4.36. The van der Waals surface area contributed by atoms with Crippen molar-refractivity contribution in [2.75, 3.05) is 13.1 Å². The molecule has 3 heteroatoms. The molecule has 1 aromatic carbocycles. The molecule has 19 heavy (non-hydrogen) atoms. The summed E-state index contributed by atoms with van der Waals surface area (Å²) in [6.07, 6.45) is 5.18. The molecule has 2 aromatic rings. The van der Waals surface area contributed by atoms with E-state index in [-0.39, 0.29) is 0 Å². The quantitative estimate of drug-likeness (QED) is 0.826. The van der Waals surface area contributed by atoms with Crippen molar-refractivity contribution in [2.24, 2.45) is 0 Å². The Balaban J connectivity index is 2.09. The molecule has 102 valence electrons. The zero-order chi connectivity index (χ0) is 13.5. The second kappa shape index (κ2) is 7.10. The van der Waals surface area contributed by atoms with Crippen molar-refractivity contribution in [3.05, 3.63) is 53.9 Å². The highest BCUT2D eigenvalue weighted by Crippen LogP contribution is 2.20. The number of hydrogen-bond donors (Lipinski definition) is 1. The second-order valence-corrected chi connectivity index (χ2v) is 4.82. The van der Waals surface area contributed by atoms with E-state index in [0.717, 1.165) is 26.1 Å². The van der Waals surface area contributed by atoms with E-state index in [1.165, 1.54) is 11.1 Å². The Labute approximate surface area is 115 Å². The molecule has 0 saturated carbocycles. The summed E-state index contributed by atoms with van der Waals surface area (Å²) in [5.74, 6) is 0.510. The molecule has 1 unspecified atom stereocenters. The van der Waals surface area contributed by atoms with Crippen LogP contribution in [0.25, 0.3) is 0 Å². The topological polar surface area (TPSA) is 29.9 Å². The minimum atomic E-state index is 0.510. The van der Waals surface area contributed by atoms with Crippen LogP contribution in [0.15, 0.2) is 42.7 Å². The third kappa shape index (κ3) is 3.93. The Bertz CT molecular complexity index is 476. The molecule has 0 aliphatic rings. The molecule has 2 rings (SSSR count). The summed E-state index contributed by atoms with van der Waals surface area (Å²) in [4.78, 5) is 0. The molecule has 0 radical (unpaired) electrons. The van der Waals surface area contributed by atoms with Crippen molar-refractivity contribution < 1.29 is 0 Å². The van der Waals surface area contributed by atoms with E-state index in [4.69, 9.17) is 0 Å². The van der Waals surface area contributed by atoms with Gasteiger partial charge in [0.15, 0.2) is 0 Å². The third-order valence-electron chi connectivity index (χ3n) is 3.40. The maximum Gasteiger partial charge on any atom is 0.0521 e. The lowest BCUT2D eigenvalue weighted by atomic mass is 9.93. The predicted molar refractivity (Wildman–Crippen MR) is 79.3 cm³/mol. The van der Waals surface area contributed by atoms with Gasteiger partial charge in [-0.25, -0.2) is 0 Å². The van der Waals surface area contributed by atoms with Crippen LogP contribution in [0.5, 0.6) is 0 Å². The lowest BCUT2D eigenvalue weighted by molar-refractivity contribution is 0.594. The largest absolute Gasteiger partial charge is 0.316 e. The smallest absolute Gasteiger partial charge is 0.0521 e. The summed E-state index contributed by atoms with van der Waals surface area (Å²) in [5.41, 5.74) is 2.71. The normalized spacial score (nSPS) is 12.5. The fourth-order valence-corrected chi connectivity index (χ4v) is 2.32. The summed E-state index contributed by atoms with van der Waals surface area (Å²) in [6.45, 7) is 7.22. The molecule has 1 atom stereocenters. The molecule has 1 heterocycles. The Morgan fingerprint density at radius 2 is 2.00 bits per heavy atom. The van der Waals surface area contributed by atoms with Gasteiger partial charge in [-0.3, -0.25) is 4.68 Å². The summed E-state index contributed by atoms with van der Waals surface area (Å²) in [6, 6.07) is 10.7. The Kier molecular flexibility index (Phi) is 5.16. The number of aryl methyl sites for hydroxylation is 1. The fraction of sp³-hybridized carbons (Fsp3) is 0.438. The van der Waals surface area contributed by atoms with Gasteiger partial charge in [-0.05, 0) is 31.0 Å². The van der Waals surface area contributed by atoms with Crippen molar-refractivity contribution in [2.45, 2.75) is 32.7 Å². The SMILES string of the molecule is CCNCC(Cc1cnn(CC)c1)c1ccccc1. The van der Waals surface area contributed by atoms with Crippen LogP contribution in [0.4, 0.5) is 0 Å². The number of aromatic nitrogens is 2. The number of rotatable bonds is 7. The van der Waals surface area contributed by atoms with Crippen molar-refractivity contribution >= 4 is 0 Å². The molecule has 0 amide bonds. The monoisotopic (exact) mass is 257 g/mol. The van der Waals surface area contributed by atoms with Crippen LogP contribution in [0.3, 0.4) is 0 Å². The van der Waals surface area contributed by atoms with Gasteiger partial charge in [0.05, 0.1) is 6.20 Å². The molecular formula is C16H23N3. The molecule has 0 saturated heterocycles. The first-order chi connectivity index (χ1) is 9.33. The van der Waals surface area contributed by atoms with Crippen molar-refractivity contribution in [3.8, 4) is 0 Å². The van der Waals surface area contributed by atoms with Crippen LogP contribution in [0.1, 0.15) is 30.9 Å². The summed E-state index contributed by atoms with van der Waals surface area (Å²) in [5, 5.41) is 7.82. The van der Waals surface area contributed by atoms with E-state index < -0.39 is 0 Å².